The third-order valence-electron chi connectivity index (χ3n) is 4.63. The highest BCUT2D eigenvalue weighted by molar-refractivity contribution is 5.64. The van der Waals surface area contributed by atoms with Gasteiger partial charge >= 0.3 is 0 Å². The van der Waals surface area contributed by atoms with Gasteiger partial charge in [-0.2, -0.15) is 0 Å². The third-order valence-corrected chi connectivity index (χ3v) is 4.63. The fraction of sp³-hybridized carbons (Fsp3) is 0.360. The molecule has 0 N–H and O–H groups in total. The van der Waals surface area contributed by atoms with Crippen molar-refractivity contribution < 1.29 is 18.9 Å². The monoisotopic (exact) mass is 394 g/mol. The molecule has 0 radical (unpaired) electrons. The molecule has 1 aliphatic heterocycles. The fourth-order valence-corrected chi connectivity index (χ4v) is 3.04. The van der Waals surface area contributed by atoms with Gasteiger partial charge in [0.15, 0.2) is 6.29 Å². The lowest BCUT2D eigenvalue weighted by Gasteiger charge is -2.29. The molecule has 154 valence electrons. The van der Waals surface area contributed by atoms with Gasteiger partial charge in [-0.15, -0.1) is 0 Å². The van der Waals surface area contributed by atoms with Gasteiger partial charge in [0.25, 0.3) is 0 Å². The predicted octanol–water partition coefficient (Wildman–Crippen LogP) is 5.71. The highest BCUT2D eigenvalue weighted by atomic mass is 16.7. The molecule has 0 bridgehead atoms. The Balaban J connectivity index is 1.49. The summed E-state index contributed by atoms with van der Waals surface area (Å²) in [6.07, 6.45) is 8.49. The molecule has 1 heterocycles. The Kier molecular flexibility index (Phi) is 8.50. The summed E-state index contributed by atoms with van der Waals surface area (Å²) in [5.74, 6) is 0.911. The molecule has 0 aromatic heterocycles. The summed E-state index contributed by atoms with van der Waals surface area (Å²) in [5.41, 5.74) is 3.45. The van der Waals surface area contributed by atoms with Gasteiger partial charge in [0, 0.05) is 0 Å². The summed E-state index contributed by atoms with van der Waals surface area (Å²) in [6.45, 7) is 6.27. The Bertz CT molecular complexity index is 769. The van der Waals surface area contributed by atoms with Crippen LogP contribution in [-0.2, 0) is 14.2 Å². The lowest BCUT2D eigenvalue weighted by molar-refractivity contribution is -0.232. The van der Waals surface area contributed by atoms with Crippen molar-refractivity contribution in [3.8, 4) is 16.9 Å². The van der Waals surface area contributed by atoms with Crippen molar-refractivity contribution in [3.05, 3.63) is 78.4 Å². The molecule has 2 aromatic carbocycles. The van der Waals surface area contributed by atoms with E-state index in [4.69, 9.17) is 18.9 Å². The van der Waals surface area contributed by atoms with Gasteiger partial charge in [0.1, 0.15) is 11.9 Å². The minimum absolute atomic E-state index is 0.0627. The molecule has 0 amide bonds. The van der Waals surface area contributed by atoms with E-state index in [1.54, 1.807) is 0 Å². The maximum absolute atomic E-state index is 5.95. The minimum Gasteiger partial charge on any atom is -0.494 e. The summed E-state index contributed by atoms with van der Waals surface area (Å²) >= 11 is 0. The first-order valence-electron chi connectivity index (χ1n) is 10.3. The first-order chi connectivity index (χ1) is 14.3. The number of allylic oxidation sites excluding steroid dienone is 3. The van der Waals surface area contributed by atoms with Crippen LogP contribution in [0.1, 0.15) is 31.9 Å². The summed E-state index contributed by atoms with van der Waals surface area (Å²) in [7, 11) is 0. The topological polar surface area (TPSA) is 36.9 Å². The number of benzene rings is 2. The van der Waals surface area contributed by atoms with Gasteiger partial charge in [-0.1, -0.05) is 67.6 Å². The van der Waals surface area contributed by atoms with E-state index in [1.807, 2.05) is 43.4 Å². The van der Waals surface area contributed by atoms with Crippen LogP contribution in [0.5, 0.6) is 5.75 Å². The molecular formula is C25H30O4. The van der Waals surface area contributed by atoms with Crippen LogP contribution < -0.4 is 4.74 Å². The Morgan fingerprint density at radius 1 is 0.931 bits per heavy atom. The van der Waals surface area contributed by atoms with Crippen molar-refractivity contribution in [1.82, 2.24) is 0 Å². The lowest BCUT2D eigenvalue weighted by Crippen LogP contribution is -2.33. The van der Waals surface area contributed by atoms with Crippen molar-refractivity contribution in [2.24, 2.45) is 0 Å². The predicted molar refractivity (Wildman–Crippen MR) is 116 cm³/mol. The second-order valence-electron chi connectivity index (χ2n) is 6.87. The van der Waals surface area contributed by atoms with E-state index in [2.05, 4.69) is 43.3 Å². The van der Waals surface area contributed by atoms with Crippen LogP contribution in [-0.4, -0.2) is 32.7 Å². The molecule has 1 fully saturated rings. The Morgan fingerprint density at radius 3 is 2.28 bits per heavy atom. The summed E-state index contributed by atoms with van der Waals surface area (Å²) in [4.78, 5) is 0. The van der Waals surface area contributed by atoms with E-state index < -0.39 is 0 Å². The normalized spacial score (nSPS) is 19.8. The minimum atomic E-state index is -0.311. The molecule has 4 heteroatoms. The van der Waals surface area contributed by atoms with Crippen LogP contribution in [0.3, 0.4) is 0 Å². The van der Waals surface area contributed by atoms with Crippen LogP contribution >= 0.6 is 0 Å². The highest BCUT2D eigenvalue weighted by Crippen LogP contribution is 2.27. The molecule has 3 rings (SSSR count). The molecule has 0 saturated carbocycles. The molecule has 0 aliphatic carbocycles. The number of hydrogen-bond acceptors (Lipinski definition) is 4. The van der Waals surface area contributed by atoms with E-state index in [-0.39, 0.29) is 12.4 Å². The van der Waals surface area contributed by atoms with E-state index in [0.717, 1.165) is 24.3 Å². The maximum atomic E-state index is 5.95. The zero-order valence-electron chi connectivity index (χ0n) is 17.3. The molecular weight excluding hydrogens is 364 g/mol. The van der Waals surface area contributed by atoms with E-state index in [1.165, 1.54) is 11.1 Å². The smallest absolute Gasteiger partial charge is 0.181 e. The second-order valence-corrected chi connectivity index (χ2v) is 6.87. The fourth-order valence-electron chi connectivity index (χ4n) is 3.04. The molecule has 0 spiro atoms. The van der Waals surface area contributed by atoms with Crippen LogP contribution in [0.15, 0.2) is 72.8 Å². The van der Waals surface area contributed by atoms with Crippen molar-refractivity contribution in [2.45, 2.75) is 32.7 Å². The lowest BCUT2D eigenvalue weighted by atomic mass is 10.0. The zero-order valence-corrected chi connectivity index (χ0v) is 17.3. The van der Waals surface area contributed by atoms with Gasteiger partial charge in [-0.25, -0.2) is 0 Å². The SMILES string of the molecule is C/C=C/C=C/CO[C@@H]1CO[C@@H](c2ccc(-c3ccc(OCCC)cc3)cc2)CO1. The summed E-state index contributed by atoms with van der Waals surface area (Å²) < 4.78 is 23.0. The van der Waals surface area contributed by atoms with E-state index in [0.29, 0.717) is 19.8 Å². The van der Waals surface area contributed by atoms with Crippen molar-refractivity contribution >= 4 is 0 Å². The van der Waals surface area contributed by atoms with Crippen LogP contribution in [0.4, 0.5) is 0 Å². The quantitative estimate of drug-likeness (QED) is 0.511. The molecule has 2 aromatic rings. The van der Waals surface area contributed by atoms with E-state index in [9.17, 15) is 0 Å². The van der Waals surface area contributed by atoms with Crippen molar-refractivity contribution in [3.63, 3.8) is 0 Å². The second kappa shape index (κ2) is 11.6. The van der Waals surface area contributed by atoms with Crippen LogP contribution in [0.25, 0.3) is 11.1 Å². The van der Waals surface area contributed by atoms with Gasteiger partial charge < -0.3 is 18.9 Å². The Morgan fingerprint density at radius 2 is 1.66 bits per heavy atom. The highest BCUT2D eigenvalue weighted by Gasteiger charge is 2.23. The average Bonchev–Trinajstić information content (AvgIpc) is 2.78. The molecule has 1 aliphatic rings. The Labute approximate surface area is 173 Å². The zero-order chi connectivity index (χ0) is 20.3. The van der Waals surface area contributed by atoms with Crippen molar-refractivity contribution in [2.75, 3.05) is 26.4 Å². The third kappa shape index (κ3) is 6.57. The Hall–Kier alpha value is -2.40. The first kappa shape index (κ1) is 21.3. The van der Waals surface area contributed by atoms with Gasteiger partial charge in [-0.3, -0.25) is 0 Å². The standard InChI is InChI=1S/C25H30O4/c1-3-5-6-7-17-27-25-19-28-24(18-29-25)22-10-8-20(9-11-22)21-12-14-23(15-13-21)26-16-4-2/h3,5-15,24-25H,4,16-19H2,1-2H3/b5-3+,7-6+/t24-,25+/m1/s1. The van der Waals surface area contributed by atoms with Crippen LogP contribution in [0, 0.1) is 0 Å². The molecule has 29 heavy (non-hydrogen) atoms. The molecule has 4 nitrogen and oxygen atoms in total. The summed E-state index contributed by atoms with van der Waals surface area (Å²) in [5, 5.41) is 0. The number of hydrogen-bond donors (Lipinski definition) is 0. The van der Waals surface area contributed by atoms with Crippen molar-refractivity contribution in [1.29, 1.82) is 0 Å². The van der Waals surface area contributed by atoms with Gasteiger partial charge in [0.05, 0.1) is 26.4 Å². The van der Waals surface area contributed by atoms with E-state index >= 15 is 0 Å². The number of ether oxygens (including phenoxy) is 4. The molecule has 2 atom stereocenters. The first-order valence-corrected chi connectivity index (χ1v) is 10.3. The summed E-state index contributed by atoms with van der Waals surface area (Å²) in [6, 6.07) is 16.7. The number of rotatable bonds is 9. The average molecular weight is 395 g/mol. The molecule has 1 saturated heterocycles. The van der Waals surface area contributed by atoms with Crippen LogP contribution in [0.2, 0.25) is 0 Å². The van der Waals surface area contributed by atoms with Gasteiger partial charge in [-0.05, 0) is 42.2 Å². The maximum Gasteiger partial charge on any atom is 0.181 e. The molecule has 0 unspecified atom stereocenters. The van der Waals surface area contributed by atoms with Gasteiger partial charge in [0.2, 0.25) is 0 Å². The largest absolute Gasteiger partial charge is 0.494 e.